The smallest absolute Gasteiger partial charge is 0.319 e. The van der Waals surface area contributed by atoms with E-state index in [1.807, 2.05) is 30.3 Å². The molecular formula is C19H20N2O5S. The van der Waals surface area contributed by atoms with Crippen molar-refractivity contribution in [3.05, 3.63) is 63.7 Å². The lowest BCUT2D eigenvalue weighted by Gasteiger charge is -2.12. The van der Waals surface area contributed by atoms with Gasteiger partial charge < -0.3 is 10.1 Å². The Morgan fingerprint density at radius 3 is 2.44 bits per heavy atom. The SMILES string of the molecule is Cc1cc(NC(=O)COC(=O)[C@@H](C)Sc2ccccc2)c([N+](=O)[O-])cc1C. The van der Waals surface area contributed by atoms with Gasteiger partial charge in [0, 0.05) is 11.0 Å². The highest BCUT2D eigenvalue weighted by molar-refractivity contribution is 8.00. The van der Waals surface area contributed by atoms with Crippen molar-refractivity contribution in [2.45, 2.75) is 30.9 Å². The first kappa shape index (κ1) is 20.4. The van der Waals surface area contributed by atoms with E-state index in [1.165, 1.54) is 23.9 Å². The van der Waals surface area contributed by atoms with E-state index in [2.05, 4.69) is 5.32 Å². The first-order chi connectivity index (χ1) is 12.8. The van der Waals surface area contributed by atoms with E-state index >= 15 is 0 Å². The van der Waals surface area contributed by atoms with Crippen LogP contribution in [0, 0.1) is 24.0 Å². The largest absolute Gasteiger partial charge is 0.455 e. The maximum Gasteiger partial charge on any atom is 0.319 e. The number of nitro benzene ring substituents is 1. The fourth-order valence-electron chi connectivity index (χ4n) is 2.24. The number of aryl methyl sites for hydroxylation is 2. The van der Waals surface area contributed by atoms with Crippen molar-refractivity contribution in [1.82, 2.24) is 0 Å². The fraction of sp³-hybridized carbons (Fsp3) is 0.263. The van der Waals surface area contributed by atoms with Crippen molar-refractivity contribution in [2.24, 2.45) is 0 Å². The Morgan fingerprint density at radius 1 is 1.19 bits per heavy atom. The van der Waals surface area contributed by atoms with Gasteiger partial charge >= 0.3 is 5.97 Å². The molecule has 0 fully saturated rings. The molecular weight excluding hydrogens is 368 g/mol. The van der Waals surface area contributed by atoms with Crippen molar-refractivity contribution < 1.29 is 19.2 Å². The molecule has 142 valence electrons. The summed E-state index contributed by atoms with van der Waals surface area (Å²) in [5, 5.41) is 13.1. The number of benzene rings is 2. The lowest BCUT2D eigenvalue weighted by molar-refractivity contribution is -0.384. The van der Waals surface area contributed by atoms with Gasteiger partial charge in [-0.3, -0.25) is 19.7 Å². The second kappa shape index (κ2) is 9.18. The van der Waals surface area contributed by atoms with Gasteiger partial charge in [-0.25, -0.2) is 0 Å². The van der Waals surface area contributed by atoms with Gasteiger partial charge in [-0.05, 0) is 50.1 Å². The number of carbonyl (C=O) groups is 2. The Labute approximate surface area is 161 Å². The van der Waals surface area contributed by atoms with E-state index < -0.39 is 28.7 Å². The summed E-state index contributed by atoms with van der Waals surface area (Å²) in [6.45, 7) is 4.72. The van der Waals surface area contributed by atoms with Crippen LogP contribution in [0.3, 0.4) is 0 Å². The summed E-state index contributed by atoms with van der Waals surface area (Å²) in [7, 11) is 0. The van der Waals surface area contributed by atoms with E-state index in [9.17, 15) is 19.7 Å². The molecule has 0 bridgehead atoms. The van der Waals surface area contributed by atoms with Crippen molar-refractivity contribution in [3.63, 3.8) is 0 Å². The predicted octanol–water partition coefficient (Wildman–Crippen LogP) is 3.87. The normalized spacial score (nSPS) is 11.5. The van der Waals surface area contributed by atoms with Gasteiger partial charge in [0.15, 0.2) is 6.61 Å². The Kier molecular flexibility index (Phi) is 6.95. The lowest BCUT2D eigenvalue weighted by Crippen LogP contribution is -2.25. The molecule has 1 N–H and O–H groups in total. The van der Waals surface area contributed by atoms with Gasteiger partial charge in [0.05, 0.1) is 4.92 Å². The molecule has 27 heavy (non-hydrogen) atoms. The van der Waals surface area contributed by atoms with E-state index in [-0.39, 0.29) is 11.4 Å². The molecule has 0 unspecified atom stereocenters. The van der Waals surface area contributed by atoms with Gasteiger partial charge in [-0.2, -0.15) is 0 Å². The number of hydrogen-bond donors (Lipinski definition) is 1. The minimum absolute atomic E-state index is 0.0795. The molecule has 0 heterocycles. The highest BCUT2D eigenvalue weighted by Gasteiger charge is 2.20. The summed E-state index contributed by atoms with van der Waals surface area (Å²) in [4.78, 5) is 35.6. The average molecular weight is 388 g/mol. The number of rotatable bonds is 7. The Bertz CT molecular complexity index is 855. The van der Waals surface area contributed by atoms with Crippen LogP contribution >= 0.6 is 11.8 Å². The molecule has 0 aliphatic heterocycles. The van der Waals surface area contributed by atoms with Gasteiger partial charge in [0.2, 0.25) is 0 Å². The van der Waals surface area contributed by atoms with Gasteiger partial charge in [-0.1, -0.05) is 18.2 Å². The van der Waals surface area contributed by atoms with Crippen molar-refractivity contribution in [2.75, 3.05) is 11.9 Å². The Morgan fingerprint density at radius 2 is 1.81 bits per heavy atom. The molecule has 1 atom stereocenters. The van der Waals surface area contributed by atoms with Crippen molar-refractivity contribution in [1.29, 1.82) is 0 Å². The third-order valence-corrected chi connectivity index (χ3v) is 4.91. The summed E-state index contributed by atoms with van der Waals surface area (Å²) in [6.07, 6.45) is 0. The van der Waals surface area contributed by atoms with E-state index in [1.54, 1.807) is 20.8 Å². The van der Waals surface area contributed by atoms with Crippen LogP contribution in [0.5, 0.6) is 0 Å². The molecule has 7 nitrogen and oxygen atoms in total. The number of esters is 1. The fourth-order valence-corrected chi connectivity index (χ4v) is 3.13. The van der Waals surface area contributed by atoms with E-state index in [0.29, 0.717) is 0 Å². The van der Waals surface area contributed by atoms with Crippen LogP contribution in [0.15, 0.2) is 47.4 Å². The number of carbonyl (C=O) groups excluding carboxylic acids is 2. The summed E-state index contributed by atoms with van der Waals surface area (Å²) < 4.78 is 5.02. The van der Waals surface area contributed by atoms with Crippen LogP contribution < -0.4 is 5.32 Å². The highest BCUT2D eigenvalue weighted by atomic mass is 32.2. The van der Waals surface area contributed by atoms with Crippen LogP contribution in [-0.2, 0) is 14.3 Å². The summed E-state index contributed by atoms with van der Waals surface area (Å²) in [5.74, 6) is -1.17. The van der Waals surface area contributed by atoms with E-state index in [0.717, 1.165) is 16.0 Å². The Balaban J connectivity index is 1.93. The predicted molar refractivity (Wildman–Crippen MR) is 104 cm³/mol. The van der Waals surface area contributed by atoms with Crippen molar-refractivity contribution in [3.8, 4) is 0 Å². The van der Waals surface area contributed by atoms with Crippen LogP contribution in [0.1, 0.15) is 18.1 Å². The molecule has 1 amide bonds. The van der Waals surface area contributed by atoms with Crippen LogP contribution in [0.2, 0.25) is 0 Å². The number of anilines is 1. The average Bonchev–Trinajstić information content (AvgIpc) is 2.63. The molecule has 0 radical (unpaired) electrons. The lowest BCUT2D eigenvalue weighted by atomic mass is 10.1. The number of nitrogens with one attached hydrogen (secondary N) is 1. The summed E-state index contributed by atoms with van der Waals surface area (Å²) in [5.41, 5.74) is 1.43. The molecule has 0 aliphatic rings. The van der Waals surface area contributed by atoms with Gasteiger partial charge in [0.1, 0.15) is 10.9 Å². The maximum atomic E-state index is 12.1. The number of nitro groups is 1. The Hall–Kier alpha value is -2.87. The standard InChI is InChI=1S/C19H20N2O5S/c1-12-9-16(17(21(24)25)10-13(12)2)20-18(22)11-26-19(23)14(3)27-15-7-5-4-6-8-15/h4-10,14H,11H2,1-3H3,(H,20,22)/t14-/m1/s1. The summed E-state index contributed by atoms with van der Waals surface area (Å²) >= 11 is 1.32. The van der Waals surface area contributed by atoms with E-state index in [4.69, 9.17) is 4.74 Å². The molecule has 8 heteroatoms. The molecule has 2 aromatic rings. The van der Waals surface area contributed by atoms with Crippen LogP contribution in [0.4, 0.5) is 11.4 Å². The first-order valence-corrected chi connectivity index (χ1v) is 9.09. The second-order valence-corrected chi connectivity index (χ2v) is 7.35. The maximum absolute atomic E-state index is 12.1. The highest BCUT2D eigenvalue weighted by Crippen LogP contribution is 2.28. The topological polar surface area (TPSA) is 98.5 Å². The third kappa shape index (κ3) is 5.82. The van der Waals surface area contributed by atoms with Crippen LogP contribution in [-0.4, -0.2) is 28.7 Å². The zero-order valence-corrected chi connectivity index (χ0v) is 16.0. The number of thioether (sulfide) groups is 1. The third-order valence-electron chi connectivity index (χ3n) is 3.82. The molecule has 0 aliphatic carbocycles. The summed E-state index contributed by atoms with van der Waals surface area (Å²) in [6, 6.07) is 12.3. The first-order valence-electron chi connectivity index (χ1n) is 8.21. The quantitative estimate of drug-likeness (QED) is 0.335. The number of ether oxygens (including phenoxy) is 1. The van der Waals surface area contributed by atoms with Gasteiger partial charge in [-0.15, -0.1) is 11.8 Å². The molecule has 0 saturated carbocycles. The molecule has 2 rings (SSSR count). The zero-order chi connectivity index (χ0) is 20.0. The molecule has 0 aromatic heterocycles. The van der Waals surface area contributed by atoms with Crippen LogP contribution in [0.25, 0.3) is 0 Å². The number of nitrogens with zero attached hydrogens (tertiary/aromatic N) is 1. The van der Waals surface area contributed by atoms with Gasteiger partial charge in [0.25, 0.3) is 11.6 Å². The minimum Gasteiger partial charge on any atom is -0.455 e. The molecule has 0 saturated heterocycles. The number of hydrogen-bond acceptors (Lipinski definition) is 6. The second-order valence-electron chi connectivity index (χ2n) is 5.94. The molecule has 2 aromatic carbocycles. The number of amides is 1. The van der Waals surface area contributed by atoms with Crippen molar-refractivity contribution >= 4 is 35.0 Å². The zero-order valence-electron chi connectivity index (χ0n) is 15.2. The minimum atomic E-state index is -0.633. The monoisotopic (exact) mass is 388 g/mol. The molecule has 0 spiro atoms.